The molecule has 1 fully saturated rings. The van der Waals surface area contributed by atoms with E-state index in [4.69, 9.17) is 4.74 Å². The van der Waals surface area contributed by atoms with Crippen molar-refractivity contribution in [2.45, 2.75) is 25.3 Å². The fourth-order valence-corrected chi connectivity index (χ4v) is 2.65. The van der Waals surface area contributed by atoms with Crippen molar-refractivity contribution in [3.8, 4) is 5.75 Å². The van der Waals surface area contributed by atoms with Gasteiger partial charge in [0.15, 0.2) is 0 Å². The molecule has 0 unspecified atom stereocenters. The van der Waals surface area contributed by atoms with Crippen molar-refractivity contribution in [2.75, 3.05) is 23.9 Å². The minimum absolute atomic E-state index is 0.136. The Bertz CT molecular complexity index is 480. The molecule has 1 aromatic rings. The van der Waals surface area contributed by atoms with E-state index in [-0.39, 0.29) is 11.4 Å². The summed E-state index contributed by atoms with van der Waals surface area (Å²) >= 11 is 0. The van der Waals surface area contributed by atoms with E-state index in [9.17, 15) is 4.79 Å². The largest absolute Gasteiger partial charge is 0.497 e. The summed E-state index contributed by atoms with van der Waals surface area (Å²) in [5.74, 6) is 0.964. The highest BCUT2D eigenvalue weighted by Gasteiger charge is 2.56. The second-order valence-electron chi connectivity index (χ2n) is 4.61. The van der Waals surface area contributed by atoms with Crippen molar-refractivity contribution in [3.05, 3.63) is 18.2 Å². The molecule has 1 heterocycles. The molecule has 0 aromatic heterocycles. The molecule has 1 aromatic carbocycles. The molecule has 90 valence electrons. The summed E-state index contributed by atoms with van der Waals surface area (Å²) in [6.45, 7) is 2.93. The molecule has 1 amide bonds. The number of anilines is 2. The maximum atomic E-state index is 12.1. The van der Waals surface area contributed by atoms with Gasteiger partial charge in [0.1, 0.15) is 11.3 Å². The summed E-state index contributed by atoms with van der Waals surface area (Å²) in [6.07, 6.45) is 1.90. The lowest BCUT2D eigenvalue weighted by Crippen LogP contribution is -2.50. The number of ether oxygens (including phenoxy) is 1. The molecule has 0 radical (unpaired) electrons. The number of fused-ring (bicyclic) bond motifs is 1. The Balaban J connectivity index is 2.10. The van der Waals surface area contributed by atoms with Crippen LogP contribution in [-0.4, -0.2) is 25.1 Å². The van der Waals surface area contributed by atoms with Crippen LogP contribution >= 0.6 is 0 Å². The summed E-state index contributed by atoms with van der Waals surface area (Å²) in [7, 11) is 1.66. The Morgan fingerprint density at radius 2 is 2.24 bits per heavy atom. The number of hydrogen-bond donors (Lipinski definition) is 1. The van der Waals surface area contributed by atoms with E-state index in [0.29, 0.717) is 0 Å². The van der Waals surface area contributed by atoms with Gasteiger partial charge in [-0.3, -0.25) is 4.79 Å². The number of nitrogens with zero attached hydrogens (tertiary/aromatic N) is 1. The van der Waals surface area contributed by atoms with E-state index in [2.05, 4.69) is 17.1 Å². The minimum Gasteiger partial charge on any atom is -0.497 e. The van der Waals surface area contributed by atoms with Crippen LogP contribution in [0, 0.1) is 0 Å². The van der Waals surface area contributed by atoms with Gasteiger partial charge in [0.2, 0.25) is 5.91 Å². The van der Waals surface area contributed by atoms with Crippen LogP contribution < -0.4 is 15.0 Å². The summed E-state index contributed by atoms with van der Waals surface area (Å²) in [5, 5.41) is 2.99. The zero-order valence-electron chi connectivity index (χ0n) is 10.1. The van der Waals surface area contributed by atoms with Gasteiger partial charge < -0.3 is 15.0 Å². The molecule has 4 nitrogen and oxygen atoms in total. The highest BCUT2D eigenvalue weighted by atomic mass is 16.5. The van der Waals surface area contributed by atoms with Gasteiger partial charge in [-0.1, -0.05) is 0 Å². The highest BCUT2D eigenvalue weighted by molar-refractivity contribution is 6.08. The SMILES string of the molecule is CCN1c2cc(OC)ccc2NC(=O)C12CC2. The summed E-state index contributed by atoms with van der Waals surface area (Å²) in [6, 6.07) is 5.78. The number of benzene rings is 1. The van der Waals surface area contributed by atoms with Gasteiger partial charge in [0.05, 0.1) is 18.5 Å². The lowest BCUT2D eigenvalue weighted by Gasteiger charge is -2.38. The first-order valence-corrected chi connectivity index (χ1v) is 5.98. The second kappa shape index (κ2) is 3.39. The fourth-order valence-electron chi connectivity index (χ4n) is 2.65. The van der Waals surface area contributed by atoms with Crippen LogP contribution in [0.25, 0.3) is 0 Å². The molecule has 1 aliphatic heterocycles. The molecule has 4 heteroatoms. The molecule has 17 heavy (non-hydrogen) atoms. The average molecular weight is 232 g/mol. The predicted molar refractivity (Wildman–Crippen MR) is 66.6 cm³/mol. The Kier molecular flexibility index (Phi) is 2.08. The molecule has 0 bridgehead atoms. The van der Waals surface area contributed by atoms with E-state index < -0.39 is 0 Å². The Morgan fingerprint density at radius 3 is 2.82 bits per heavy atom. The average Bonchev–Trinajstić information content (AvgIpc) is 3.12. The third kappa shape index (κ3) is 1.33. The van der Waals surface area contributed by atoms with Crippen LogP contribution in [-0.2, 0) is 4.79 Å². The minimum atomic E-state index is -0.284. The predicted octanol–water partition coefficient (Wildman–Crippen LogP) is 2.01. The highest BCUT2D eigenvalue weighted by Crippen LogP contribution is 2.50. The monoisotopic (exact) mass is 232 g/mol. The van der Waals surface area contributed by atoms with Gasteiger partial charge in [0.25, 0.3) is 0 Å². The van der Waals surface area contributed by atoms with Crippen LogP contribution in [0.15, 0.2) is 18.2 Å². The van der Waals surface area contributed by atoms with Gasteiger partial charge in [-0.05, 0) is 31.9 Å². The van der Waals surface area contributed by atoms with E-state index in [0.717, 1.165) is 36.5 Å². The molecular formula is C13H16N2O2. The quantitative estimate of drug-likeness (QED) is 0.848. The van der Waals surface area contributed by atoms with E-state index in [1.54, 1.807) is 7.11 Å². The zero-order valence-corrected chi connectivity index (χ0v) is 10.1. The number of hydrogen-bond acceptors (Lipinski definition) is 3. The van der Waals surface area contributed by atoms with Crippen molar-refractivity contribution >= 4 is 17.3 Å². The first kappa shape index (κ1) is 10.4. The molecule has 1 saturated carbocycles. The topological polar surface area (TPSA) is 41.6 Å². The van der Waals surface area contributed by atoms with Gasteiger partial charge >= 0.3 is 0 Å². The lowest BCUT2D eigenvalue weighted by molar-refractivity contribution is -0.118. The Morgan fingerprint density at radius 1 is 1.47 bits per heavy atom. The molecular weight excluding hydrogens is 216 g/mol. The lowest BCUT2D eigenvalue weighted by atomic mass is 10.1. The van der Waals surface area contributed by atoms with Gasteiger partial charge in [0, 0.05) is 12.6 Å². The molecule has 1 aliphatic carbocycles. The molecule has 0 atom stereocenters. The van der Waals surface area contributed by atoms with Crippen molar-refractivity contribution in [2.24, 2.45) is 0 Å². The standard InChI is InChI=1S/C13H16N2O2/c1-3-15-11-8-9(17-2)4-5-10(11)14-12(16)13(15)6-7-13/h4-5,8H,3,6-7H2,1-2H3,(H,14,16). The van der Waals surface area contributed by atoms with Gasteiger partial charge in [-0.25, -0.2) is 0 Å². The first-order valence-electron chi connectivity index (χ1n) is 5.98. The Labute approximate surface area is 101 Å². The maximum Gasteiger partial charge on any atom is 0.250 e. The molecule has 1 N–H and O–H groups in total. The molecule has 2 aliphatic rings. The van der Waals surface area contributed by atoms with Crippen LogP contribution in [0.4, 0.5) is 11.4 Å². The number of carbonyl (C=O) groups is 1. The van der Waals surface area contributed by atoms with E-state index in [1.807, 2.05) is 18.2 Å². The molecule has 0 saturated heterocycles. The van der Waals surface area contributed by atoms with Crippen molar-refractivity contribution in [3.63, 3.8) is 0 Å². The van der Waals surface area contributed by atoms with E-state index in [1.165, 1.54) is 0 Å². The normalized spacial score (nSPS) is 19.9. The van der Waals surface area contributed by atoms with Gasteiger partial charge in [-0.15, -0.1) is 0 Å². The van der Waals surface area contributed by atoms with Crippen molar-refractivity contribution < 1.29 is 9.53 Å². The fraction of sp³-hybridized carbons (Fsp3) is 0.462. The van der Waals surface area contributed by atoms with Crippen LogP contribution in [0.3, 0.4) is 0 Å². The number of methoxy groups -OCH3 is 1. The van der Waals surface area contributed by atoms with Crippen LogP contribution in [0.5, 0.6) is 5.75 Å². The second-order valence-corrected chi connectivity index (χ2v) is 4.61. The van der Waals surface area contributed by atoms with Crippen LogP contribution in [0.1, 0.15) is 19.8 Å². The molecule has 1 spiro atoms. The van der Waals surface area contributed by atoms with Crippen molar-refractivity contribution in [1.29, 1.82) is 0 Å². The number of likely N-dealkylation sites (N-methyl/N-ethyl adjacent to an activating group) is 1. The summed E-state index contributed by atoms with van der Waals surface area (Å²) in [4.78, 5) is 14.3. The maximum absolute atomic E-state index is 12.1. The zero-order chi connectivity index (χ0) is 12.0. The van der Waals surface area contributed by atoms with Crippen LogP contribution in [0.2, 0.25) is 0 Å². The Hall–Kier alpha value is -1.71. The number of nitrogens with one attached hydrogen (secondary N) is 1. The summed E-state index contributed by atoms with van der Waals surface area (Å²) in [5.41, 5.74) is 1.67. The third-order valence-corrected chi connectivity index (χ3v) is 3.72. The molecule has 3 rings (SSSR count). The third-order valence-electron chi connectivity index (χ3n) is 3.72. The first-order chi connectivity index (χ1) is 8.21. The van der Waals surface area contributed by atoms with E-state index >= 15 is 0 Å². The number of amides is 1. The smallest absolute Gasteiger partial charge is 0.250 e. The summed E-state index contributed by atoms with van der Waals surface area (Å²) < 4.78 is 5.25. The van der Waals surface area contributed by atoms with Crippen molar-refractivity contribution in [1.82, 2.24) is 0 Å². The van der Waals surface area contributed by atoms with Gasteiger partial charge in [-0.2, -0.15) is 0 Å². The number of carbonyl (C=O) groups excluding carboxylic acids is 1. The number of rotatable bonds is 2.